The van der Waals surface area contributed by atoms with Crippen molar-refractivity contribution in [2.45, 2.75) is 0 Å². The van der Waals surface area contributed by atoms with Gasteiger partial charge in [0, 0.05) is 0 Å². The summed E-state index contributed by atoms with van der Waals surface area (Å²) in [4.78, 5) is 3.64. The van der Waals surface area contributed by atoms with E-state index in [0.29, 0.717) is 0 Å². The van der Waals surface area contributed by atoms with Crippen LogP contribution in [0.2, 0.25) is 0 Å². The van der Waals surface area contributed by atoms with E-state index in [2.05, 4.69) is 28.9 Å². The van der Waals surface area contributed by atoms with Crippen LogP contribution in [0.3, 0.4) is 0 Å². The molecule has 0 aromatic carbocycles. The Balaban J connectivity index is 3.62. The van der Waals surface area contributed by atoms with Gasteiger partial charge in [-0.05, 0) is 0 Å². The smallest absolute Gasteiger partial charge is 0.183 e. The normalized spacial score (nSPS) is 9.44. The minimum atomic E-state index is 0.244. The average Bonchev–Trinajstić information content (AvgIpc) is 1.85. The van der Waals surface area contributed by atoms with Gasteiger partial charge >= 0.3 is 0 Å². The maximum absolute atomic E-state index is 7.99. The molecule has 3 nitrogen and oxygen atoms in total. The zero-order chi connectivity index (χ0) is 7.11. The van der Waals surface area contributed by atoms with Gasteiger partial charge < -0.3 is 0 Å². The van der Waals surface area contributed by atoms with Crippen LogP contribution in [-0.4, -0.2) is 11.7 Å². The van der Waals surface area contributed by atoms with Crippen molar-refractivity contribution in [3.63, 3.8) is 0 Å². The molecule has 0 heterocycles. The van der Waals surface area contributed by atoms with E-state index in [-0.39, 0.29) is 11.7 Å². The zero-order valence-corrected chi connectivity index (χ0v) is 5.52. The van der Waals surface area contributed by atoms with E-state index in [1.807, 2.05) is 0 Å². The number of hydrogen-bond donors (Lipinski definition) is 2. The predicted octanol–water partition coefficient (Wildman–Crippen LogP) is -0.0239. The molecule has 0 aliphatic heterocycles. The van der Waals surface area contributed by atoms with E-state index >= 15 is 0 Å². The Morgan fingerprint density at radius 2 is 2.56 bits per heavy atom. The molecule has 0 fully saturated rings. The number of rotatable bonds is 1. The van der Waals surface area contributed by atoms with Gasteiger partial charge in [0.1, 0.15) is 6.54 Å². The van der Waals surface area contributed by atoms with Crippen LogP contribution in [0.25, 0.3) is 0 Å². The van der Waals surface area contributed by atoms with Gasteiger partial charge in [0.25, 0.3) is 0 Å². The first-order valence-corrected chi connectivity index (χ1v) is 2.58. The Morgan fingerprint density at radius 1 is 1.89 bits per heavy atom. The van der Waals surface area contributed by atoms with Gasteiger partial charge in [0.05, 0.1) is 0 Å². The number of nitrogens with one attached hydrogen (secondary N) is 1. The molecule has 0 aromatic rings. The van der Waals surface area contributed by atoms with Crippen LogP contribution in [0.5, 0.6) is 0 Å². The van der Waals surface area contributed by atoms with Gasteiger partial charge in [-0.1, -0.05) is 5.92 Å². The maximum atomic E-state index is 7.99. The fourth-order valence-electron chi connectivity index (χ4n) is 0.210. The van der Waals surface area contributed by atoms with Crippen molar-refractivity contribution >= 4 is 17.8 Å². The summed E-state index contributed by atoms with van der Waals surface area (Å²) < 4.78 is 0. The second kappa shape index (κ2) is 5.02. The predicted molar refractivity (Wildman–Crippen MR) is 38.9 cm³/mol. The molecule has 46 valence electrons. The van der Waals surface area contributed by atoms with E-state index in [1.165, 1.54) is 0 Å². The van der Waals surface area contributed by atoms with Crippen molar-refractivity contribution in [2.24, 2.45) is 4.99 Å². The molecule has 0 rings (SSSR count). The fraction of sp³-hybridized carbons (Fsp3) is 0.200. The number of aliphatic imine (C=N–C) groups is 1. The quantitative estimate of drug-likeness (QED) is 0.134. The van der Waals surface area contributed by atoms with E-state index in [0.717, 1.165) is 0 Å². The second-order valence-corrected chi connectivity index (χ2v) is 1.50. The molecule has 1 N–H and O–H groups in total. The molecular formula is C5H5N3S. The first-order valence-electron chi connectivity index (χ1n) is 2.13. The van der Waals surface area contributed by atoms with Crippen molar-refractivity contribution in [2.75, 3.05) is 6.54 Å². The van der Waals surface area contributed by atoms with E-state index < -0.39 is 0 Å². The monoisotopic (exact) mass is 139 g/mol. The highest BCUT2D eigenvalue weighted by Gasteiger charge is 1.82. The molecule has 0 aliphatic carbocycles. The van der Waals surface area contributed by atoms with Crippen molar-refractivity contribution in [1.82, 2.24) is 5.32 Å². The Bertz CT molecular complexity index is 183. The molecule has 0 spiro atoms. The van der Waals surface area contributed by atoms with E-state index in [1.54, 1.807) is 6.19 Å². The third-order valence-corrected chi connectivity index (χ3v) is 0.741. The minimum absolute atomic E-state index is 0.244. The highest BCUT2D eigenvalue weighted by atomic mass is 32.1. The largest absolute Gasteiger partial charge is 0.272 e. The van der Waals surface area contributed by atoms with E-state index in [9.17, 15) is 0 Å². The number of nitrogens with zero attached hydrogens (tertiary/aromatic N) is 2. The standard InChI is InChI=1S/C5H5N3S/c1-2-3-7-5(9)8-4-6/h1H,3H2,(H2,7,8,9). The summed E-state index contributed by atoms with van der Waals surface area (Å²) in [5.41, 5.74) is 0. The van der Waals surface area contributed by atoms with Gasteiger partial charge in [0.2, 0.25) is 0 Å². The second-order valence-electron chi connectivity index (χ2n) is 1.08. The minimum Gasteiger partial charge on any atom is -0.272 e. The van der Waals surface area contributed by atoms with Gasteiger partial charge in [0.15, 0.2) is 11.4 Å². The zero-order valence-electron chi connectivity index (χ0n) is 4.63. The van der Waals surface area contributed by atoms with Crippen molar-refractivity contribution in [3.8, 4) is 18.5 Å². The van der Waals surface area contributed by atoms with Crippen LogP contribution in [0.15, 0.2) is 4.99 Å². The fourth-order valence-corrected chi connectivity index (χ4v) is 0.331. The van der Waals surface area contributed by atoms with Crippen molar-refractivity contribution in [3.05, 3.63) is 0 Å². The van der Waals surface area contributed by atoms with Crippen LogP contribution < -0.4 is 5.32 Å². The Hall–Kier alpha value is -1.13. The first-order chi connectivity index (χ1) is 4.31. The highest BCUT2D eigenvalue weighted by molar-refractivity contribution is 7.96. The lowest BCUT2D eigenvalue weighted by atomic mass is 10.7. The van der Waals surface area contributed by atoms with Gasteiger partial charge in [-0.2, -0.15) is 5.26 Å². The molecule has 0 atom stereocenters. The van der Waals surface area contributed by atoms with Crippen LogP contribution in [0.4, 0.5) is 0 Å². The van der Waals surface area contributed by atoms with Crippen LogP contribution in [0.1, 0.15) is 0 Å². The molecule has 0 bridgehead atoms. The van der Waals surface area contributed by atoms with E-state index in [4.69, 9.17) is 11.7 Å². The summed E-state index contributed by atoms with van der Waals surface area (Å²) in [5.74, 6) is 2.27. The van der Waals surface area contributed by atoms with Crippen molar-refractivity contribution < 1.29 is 0 Å². The topological polar surface area (TPSA) is 48.2 Å². The summed E-state index contributed by atoms with van der Waals surface area (Å²) in [5, 5.41) is 10.4. The Kier molecular flexibility index (Phi) is 4.39. The highest BCUT2D eigenvalue weighted by Crippen LogP contribution is 1.77. The number of thiol groups is 1. The molecule has 0 aromatic heterocycles. The number of nitriles is 1. The van der Waals surface area contributed by atoms with Gasteiger partial charge in [-0.3, -0.25) is 5.32 Å². The Morgan fingerprint density at radius 3 is 3.00 bits per heavy atom. The molecule has 0 saturated heterocycles. The maximum Gasteiger partial charge on any atom is 0.183 e. The number of amidine groups is 1. The lowest BCUT2D eigenvalue weighted by molar-refractivity contribution is 1.22. The molecule has 0 aliphatic rings. The lowest BCUT2D eigenvalue weighted by Crippen LogP contribution is -2.10. The molecular weight excluding hydrogens is 134 g/mol. The molecule has 4 heteroatoms. The van der Waals surface area contributed by atoms with Crippen molar-refractivity contribution in [1.29, 1.82) is 5.26 Å². The van der Waals surface area contributed by atoms with Crippen LogP contribution >= 0.6 is 12.6 Å². The molecule has 0 amide bonds. The molecule has 0 saturated carbocycles. The first kappa shape index (κ1) is 7.87. The molecule has 9 heavy (non-hydrogen) atoms. The summed E-state index contributed by atoms with van der Waals surface area (Å²) >= 11 is 3.76. The Labute approximate surface area is 59.2 Å². The summed E-state index contributed by atoms with van der Waals surface area (Å²) in [6, 6.07) is 0. The summed E-state index contributed by atoms with van der Waals surface area (Å²) in [6.45, 7) is 0.244. The van der Waals surface area contributed by atoms with Crippen LogP contribution in [-0.2, 0) is 0 Å². The SMILES string of the molecule is C#CCN=C(S)NC#N. The average molecular weight is 139 g/mol. The lowest BCUT2D eigenvalue weighted by Gasteiger charge is -1.88. The third-order valence-electron chi connectivity index (χ3n) is 0.488. The molecule has 0 radical (unpaired) electrons. The summed E-state index contributed by atoms with van der Waals surface area (Å²) in [6.07, 6.45) is 6.52. The van der Waals surface area contributed by atoms with Gasteiger partial charge in [-0.25, -0.2) is 4.99 Å². The number of terminal acetylenes is 1. The van der Waals surface area contributed by atoms with Gasteiger partial charge in [-0.15, -0.1) is 19.1 Å². The molecule has 0 unspecified atom stereocenters. The number of hydrogen-bond acceptors (Lipinski definition) is 2. The summed E-state index contributed by atoms with van der Waals surface area (Å²) in [7, 11) is 0. The van der Waals surface area contributed by atoms with Crippen LogP contribution in [0, 0.1) is 23.8 Å². The third kappa shape index (κ3) is 4.73.